The van der Waals surface area contributed by atoms with E-state index in [2.05, 4.69) is 24.4 Å². The fraction of sp³-hybridized carbons (Fsp3) is 0.636. The van der Waals surface area contributed by atoms with Gasteiger partial charge in [-0.05, 0) is 31.3 Å². The lowest BCUT2D eigenvalue weighted by molar-refractivity contribution is -0.0565. The fourth-order valence-corrected chi connectivity index (χ4v) is 2.11. The summed E-state index contributed by atoms with van der Waals surface area (Å²) in [5.74, 6) is 1.47. The number of fused-ring (bicyclic) bond motifs is 1. The number of nitrogens with one attached hydrogen (secondary N) is 1. The number of morpholine rings is 1. The van der Waals surface area contributed by atoms with Crippen molar-refractivity contribution < 1.29 is 9.84 Å². The van der Waals surface area contributed by atoms with Gasteiger partial charge in [0.25, 0.3) is 0 Å². The molecule has 3 nitrogen and oxygen atoms in total. The van der Waals surface area contributed by atoms with E-state index in [0.717, 1.165) is 30.7 Å². The van der Waals surface area contributed by atoms with Gasteiger partial charge in [0.1, 0.15) is 5.76 Å². The second-order valence-corrected chi connectivity index (χ2v) is 4.58. The minimum Gasteiger partial charge on any atom is -0.481 e. The van der Waals surface area contributed by atoms with Crippen LogP contribution in [0.1, 0.15) is 26.2 Å². The van der Waals surface area contributed by atoms with E-state index in [1.807, 2.05) is 0 Å². The van der Waals surface area contributed by atoms with Crippen LogP contribution in [0.4, 0.5) is 0 Å². The zero-order valence-electron chi connectivity index (χ0n) is 8.29. The van der Waals surface area contributed by atoms with E-state index in [0.29, 0.717) is 5.92 Å². The minimum atomic E-state index is -0.531. The van der Waals surface area contributed by atoms with Crippen LogP contribution in [0.15, 0.2) is 23.6 Å². The number of hydrogen-bond acceptors (Lipinski definition) is 3. The van der Waals surface area contributed by atoms with Crippen molar-refractivity contribution in [2.75, 3.05) is 0 Å². The number of ether oxygens (including phenoxy) is 1. The van der Waals surface area contributed by atoms with Crippen molar-refractivity contribution in [3.8, 4) is 0 Å². The summed E-state index contributed by atoms with van der Waals surface area (Å²) in [5, 5.41) is 12.9. The zero-order valence-corrected chi connectivity index (χ0v) is 8.29. The first-order valence-corrected chi connectivity index (χ1v) is 5.26. The van der Waals surface area contributed by atoms with Crippen LogP contribution in [0.5, 0.6) is 0 Å². The summed E-state index contributed by atoms with van der Waals surface area (Å²) in [6.07, 6.45) is 6.68. The molecule has 2 unspecified atom stereocenters. The summed E-state index contributed by atoms with van der Waals surface area (Å²) < 4.78 is 5.83. The number of aliphatic hydroxyl groups is 1. The van der Waals surface area contributed by atoms with Crippen LogP contribution in [0.25, 0.3) is 0 Å². The molecule has 0 aromatic carbocycles. The highest BCUT2D eigenvalue weighted by Crippen LogP contribution is 2.48. The van der Waals surface area contributed by atoms with E-state index in [1.54, 1.807) is 0 Å². The Morgan fingerprint density at radius 2 is 2.36 bits per heavy atom. The molecule has 3 aliphatic rings. The Morgan fingerprint density at radius 3 is 3.07 bits per heavy atom. The van der Waals surface area contributed by atoms with Crippen molar-refractivity contribution in [1.29, 1.82) is 0 Å². The van der Waals surface area contributed by atoms with Crippen molar-refractivity contribution in [3.63, 3.8) is 0 Å². The van der Waals surface area contributed by atoms with Crippen LogP contribution >= 0.6 is 0 Å². The zero-order chi connectivity index (χ0) is 9.76. The predicted octanol–water partition coefficient (Wildman–Crippen LogP) is 1.26. The summed E-state index contributed by atoms with van der Waals surface area (Å²) in [4.78, 5) is 0. The molecule has 14 heavy (non-hydrogen) atoms. The smallest absolute Gasteiger partial charge is 0.164 e. The van der Waals surface area contributed by atoms with E-state index in [1.165, 1.54) is 0 Å². The minimum absolute atomic E-state index is 0.302. The summed E-state index contributed by atoms with van der Waals surface area (Å²) >= 11 is 0. The van der Waals surface area contributed by atoms with Crippen molar-refractivity contribution in [2.45, 2.75) is 38.0 Å². The molecule has 2 atom stereocenters. The average Bonchev–Trinajstić information content (AvgIpc) is 2.89. The monoisotopic (exact) mass is 193 g/mol. The number of aliphatic hydroxyl groups excluding tert-OH is 1. The Bertz CT molecular complexity index is 328. The number of rotatable bonds is 0. The molecule has 0 bridgehead atoms. The molecule has 2 N–H and O–H groups in total. The second kappa shape index (κ2) is 2.54. The highest BCUT2D eigenvalue weighted by atomic mass is 16.5. The van der Waals surface area contributed by atoms with Crippen LogP contribution in [0.3, 0.4) is 0 Å². The molecule has 1 heterocycles. The summed E-state index contributed by atoms with van der Waals surface area (Å²) in [6.45, 7) is 2.16. The van der Waals surface area contributed by atoms with Gasteiger partial charge in [-0.15, -0.1) is 0 Å². The maximum atomic E-state index is 9.82. The third-order valence-electron chi connectivity index (χ3n) is 3.24. The molecule has 3 heteroatoms. The second-order valence-electron chi connectivity index (χ2n) is 4.58. The van der Waals surface area contributed by atoms with Crippen molar-refractivity contribution in [1.82, 2.24) is 5.32 Å². The van der Waals surface area contributed by atoms with Gasteiger partial charge in [0, 0.05) is 0 Å². The van der Waals surface area contributed by atoms with Gasteiger partial charge in [0.15, 0.2) is 11.8 Å². The van der Waals surface area contributed by atoms with Crippen LogP contribution in [0, 0.1) is 5.92 Å². The number of hydrogen-bond donors (Lipinski definition) is 2. The standard InChI is InChI=1S/C11H15NO2/c1-7-2-3-9-8(6-7)12-10(13)11(14-9)4-5-11/h3,6-7,10,12-13H,2,4-5H2,1H3. The van der Waals surface area contributed by atoms with Crippen molar-refractivity contribution in [2.24, 2.45) is 5.92 Å². The molecular formula is C11H15NO2. The maximum absolute atomic E-state index is 9.82. The van der Waals surface area contributed by atoms with Gasteiger partial charge < -0.3 is 15.2 Å². The average molecular weight is 193 g/mol. The first kappa shape index (κ1) is 8.36. The molecule has 3 rings (SSSR count). The van der Waals surface area contributed by atoms with E-state index >= 15 is 0 Å². The molecule has 0 aromatic heterocycles. The highest BCUT2D eigenvalue weighted by Gasteiger charge is 2.55. The molecule has 1 saturated carbocycles. The van der Waals surface area contributed by atoms with Crippen LogP contribution in [-0.2, 0) is 4.74 Å². The Kier molecular flexibility index (Phi) is 1.52. The third-order valence-corrected chi connectivity index (χ3v) is 3.24. The molecule has 0 amide bonds. The lowest BCUT2D eigenvalue weighted by Crippen LogP contribution is -2.48. The Hall–Kier alpha value is -0.960. The van der Waals surface area contributed by atoms with E-state index in [-0.39, 0.29) is 5.60 Å². The van der Waals surface area contributed by atoms with Crippen molar-refractivity contribution in [3.05, 3.63) is 23.6 Å². The highest BCUT2D eigenvalue weighted by molar-refractivity contribution is 5.33. The molecule has 1 saturated heterocycles. The van der Waals surface area contributed by atoms with E-state index < -0.39 is 6.23 Å². The largest absolute Gasteiger partial charge is 0.481 e. The SMILES string of the molecule is CC1C=C2NC(O)C3(CC3)OC2=CC1. The van der Waals surface area contributed by atoms with Crippen LogP contribution in [0.2, 0.25) is 0 Å². The third kappa shape index (κ3) is 1.08. The first-order valence-electron chi connectivity index (χ1n) is 5.26. The van der Waals surface area contributed by atoms with Gasteiger partial charge in [-0.25, -0.2) is 0 Å². The normalized spacial score (nSPS) is 37.6. The van der Waals surface area contributed by atoms with E-state index in [9.17, 15) is 5.11 Å². The number of allylic oxidation sites excluding steroid dienone is 2. The molecule has 0 aromatic rings. The molecular weight excluding hydrogens is 178 g/mol. The molecule has 0 radical (unpaired) electrons. The van der Waals surface area contributed by atoms with Gasteiger partial charge in [0.2, 0.25) is 0 Å². The fourth-order valence-electron chi connectivity index (χ4n) is 2.11. The Balaban J connectivity index is 1.89. The van der Waals surface area contributed by atoms with Gasteiger partial charge in [-0.3, -0.25) is 0 Å². The molecule has 1 spiro atoms. The quantitative estimate of drug-likeness (QED) is 0.608. The maximum Gasteiger partial charge on any atom is 0.164 e. The summed E-state index contributed by atoms with van der Waals surface area (Å²) in [5.41, 5.74) is 0.665. The Morgan fingerprint density at radius 1 is 1.57 bits per heavy atom. The van der Waals surface area contributed by atoms with Gasteiger partial charge in [-0.1, -0.05) is 13.0 Å². The van der Waals surface area contributed by atoms with Gasteiger partial charge in [0.05, 0.1) is 5.70 Å². The molecule has 1 aliphatic heterocycles. The Labute approximate surface area is 83.4 Å². The van der Waals surface area contributed by atoms with E-state index in [4.69, 9.17) is 4.74 Å². The summed E-state index contributed by atoms with van der Waals surface area (Å²) in [6, 6.07) is 0. The molecule has 76 valence electrons. The van der Waals surface area contributed by atoms with Crippen molar-refractivity contribution >= 4 is 0 Å². The topological polar surface area (TPSA) is 41.5 Å². The van der Waals surface area contributed by atoms with Gasteiger partial charge >= 0.3 is 0 Å². The first-order chi connectivity index (χ1) is 6.70. The van der Waals surface area contributed by atoms with Crippen LogP contribution in [-0.4, -0.2) is 16.9 Å². The summed E-state index contributed by atoms with van der Waals surface area (Å²) in [7, 11) is 0. The van der Waals surface area contributed by atoms with Crippen LogP contribution < -0.4 is 5.32 Å². The van der Waals surface area contributed by atoms with Gasteiger partial charge in [-0.2, -0.15) is 0 Å². The molecule has 2 aliphatic carbocycles. The molecule has 2 fully saturated rings. The lowest BCUT2D eigenvalue weighted by atomic mass is 9.98. The lowest BCUT2D eigenvalue weighted by Gasteiger charge is -2.36. The predicted molar refractivity (Wildman–Crippen MR) is 52.1 cm³/mol.